The summed E-state index contributed by atoms with van der Waals surface area (Å²) in [4.78, 5) is 2.02. The molecule has 1 aromatic heterocycles. The lowest BCUT2D eigenvalue weighted by atomic mass is 10.2. The van der Waals surface area contributed by atoms with Crippen molar-refractivity contribution in [3.05, 3.63) is 33.7 Å². The van der Waals surface area contributed by atoms with Crippen LogP contribution in [0.2, 0.25) is 0 Å². The molecule has 0 N–H and O–H groups in total. The second-order valence-electron chi connectivity index (χ2n) is 3.24. The van der Waals surface area contributed by atoms with Crippen molar-refractivity contribution in [2.45, 2.75) is 6.92 Å². The van der Waals surface area contributed by atoms with Crippen molar-refractivity contribution in [1.29, 1.82) is 0 Å². The van der Waals surface area contributed by atoms with E-state index in [-0.39, 0.29) is 0 Å². The molecule has 15 heavy (non-hydrogen) atoms. The highest BCUT2D eigenvalue weighted by atomic mass is 79.9. The highest BCUT2D eigenvalue weighted by molar-refractivity contribution is 9.11. The monoisotopic (exact) mass is 283 g/mol. The smallest absolute Gasteiger partial charge is 0.213 e. The van der Waals surface area contributed by atoms with Crippen LogP contribution in [0.3, 0.4) is 0 Å². The fourth-order valence-electron chi connectivity index (χ4n) is 1.28. The predicted octanol–water partition coefficient (Wildman–Crippen LogP) is 3.38. The number of hydrogen-bond acceptors (Lipinski definition) is 4. The summed E-state index contributed by atoms with van der Waals surface area (Å²) in [5, 5.41) is 8.88. The molecule has 0 aliphatic rings. The van der Waals surface area contributed by atoms with Crippen LogP contribution in [0.15, 0.2) is 28.2 Å². The van der Waals surface area contributed by atoms with Gasteiger partial charge in [0.15, 0.2) is 3.92 Å². The van der Waals surface area contributed by atoms with Crippen LogP contribution in [-0.4, -0.2) is 17.2 Å². The van der Waals surface area contributed by atoms with Gasteiger partial charge in [-0.2, -0.15) is 0 Å². The molecule has 0 fully saturated rings. The van der Waals surface area contributed by atoms with Crippen LogP contribution in [-0.2, 0) is 0 Å². The lowest BCUT2D eigenvalue weighted by molar-refractivity contribution is 1.03. The Labute approximate surface area is 101 Å². The Bertz CT molecular complexity index is 469. The van der Waals surface area contributed by atoms with Gasteiger partial charge in [0.1, 0.15) is 0 Å². The highest BCUT2D eigenvalue weighted by Gasteiger charge is 2.08. The standard InChI is InChI=1S/C10H10BrN3S/c1-7-4-3-5-8(6-7)14(2)10-13-12-9(11)15-10/h3-6H,1-2H3. The summed E-state index contributed by atoms with van der Waals surface area (Å²) in [5.74, 6) is 0. The zero-order chi connectivity index (χ0) is 10.8. The van der Waals surface area contributed by atoms with Crippen molar-refractivity contribution in [1.82, 2.24) is 10.2 Å². The molecule has 0 saturated carbocycles. The van der Waals surface area contributed by atoms with E-state index in [1.807, 2.05) is 18.0 Å². The van der Waals surface area contributed by atoms with Gasteiger partial charge in [0.2, 0.25) is 5.13 Å². The first-order chi connectivity index (χ1) is 7.16. The number of benzene rings is 1. The summed E-state index contributed by atoms with van der Waals surface area (Å²) in [6.45, 7) is 2.08. The molecule has 0 bridgehead atoms. The molecular formula is C10H10BrN3S. The first-order valence-corrected chi connectivity index (χ1v) is 6.07. The van der Waals surface area contributed by atoms with Crippen LogP contribution in [0.1, 0.15) is 5.56 Å². The Morgan fingerprint density at radius 2 is 2.13 bits per heavy atom. The van der Waals surface area contributed by atoms with Gasteiger partial charge in [0, 0.05) is 12.7 Å². The summed E-state index contributed by atoms with van der Waals surface area (Å²) in [7, 11) is 1.99. The molecule has 1 heterocycles. The van der Waals surface area contributed by atoms with Gasteiger partial charge >= 0.3 is 0 Å². The average Bonchev–Trinajstić information content (AvgIpc) is 2.64. The van der Waals surface area contributed by atoms with Crippen molar-refractivity contribution >= 4 is 38.1 Å². The Morgan fingerprint density at radius 3 is 2.73 bits per heavy atom. The molecule has 2 rings (SSSR count). The first kappa shape index (κ1) is 10.6. The number of rotatable bonds is 2. The number of aryl methyl sites for hydroxylation is 1. The average molecular weight is 284 g/mol. The van der Waals surface area contributed by atoms with Crippen LogP contribution in [0.4, 0.5) is 10.8 Å². The zero-order valence-corrected chi connectivity index (χ0v) is 10.8. The Hall–Kier alpha value is -0.940. The van der Waals surface area contributed by atoms with Gasteiger partial charge in [-0.3, -0.25) is 0 Å². The van der Waals surface area contributed by atoms with Crippen molar-refractivity contribution in [3.8, 4) is 0 Å². The van der Waals surface area contributed by atoms with Crippen molar-refractivity contribution < 1.29 is 0 Å². The van der Waals surface area contributed by atoms with E-state index in [9.17, 15) is 0 Å². The van der Waals surface area contributed by atoms with Gasteiger partial charge in [-0.1, -0.05) is 23.5 Å². The molecule has 0 aliphatic carbocycles. The van der Waals surface area contributed by atoms with Crippen LogP contribution in [0.25, 0.3) is 0 Å². The van der Waals surface area contributed by atoms with Gasteiger partial charge < -0.3 is 4.90 Å². The molecule has 0 aliphatic heterocycles. The fraction of sp³-hybridized carbons (Fsp3) is 0.200. The molecule has 5 heteroatoms. The molecule has 0 atom stereocenters. The summed E-state index contributed by atoms with van der Waals surface area (Å²) >= 11 is 4.82. The third-order valence-electron chi connectivity index (χ3n) is 2.07. The topological polar surface area (TPSA) is 29.0 Å². The molecular weight excluding hydrogens is 274 g/mol. The minimum Gasteiger partial charge on any atom is -0.319 e. The van der Waals surface area contributed by atoms with Crippen LogP contribution >= 0.6 is 27.3 Å². The lowest BCUT2D eigenvalue weighted by Crippen LogP contribution is -2.08. The second kappa shape index (κ2) is 4.28. The van der Waals surface area contributed by atoms with Crippen molar-refractivity contribution in [2.75, 3.05) is 11.9 Å². The zero-order valence-electron chi connectivity index (χ0n) is 8.44. The normalized spacial score (nSPS) is 10.3. The maximum absolute atomic E-state index is 4.07. The summed E-state index contributed by atoms with van der Waals surface area (Å²) < 4.78 is 0.803. The molecule has 0 amide bonds. The maximum Gasteiger partial charge on any atom is 0.213 e. The highest BCUT2D eigenvalue weighted by Crippen LogP contribution is 2.28. The van der Waals surface area contributed by atoms with Gasteiger partial charge in [-0.25, -0.2) is 0 Å². The molecule has 1 aromatic carbocycles. The third-order valence-corrected chi connectivity index (χ3v) is 3.50. The van der Waals surface area contributed by atoms with Gasteiger partial charge in [0.25, 0.3) is 0 Å². The number of nitrogens with zero attached hydrogens (tertiary/aromatic N) is 3. The van der Waals surface area contributed by atoms with E-state index in [1.54, 1.807) is 0 Å². The number of halogens is 1. The minimum absolute atomic E-state index is 0.803. The van der Waals surface area contributed by atoms with Gasteiger partial charge in [-0.05, 0) is 40.5 Å². The van der Waals surface area contributed by atoms with E-state index in [1.165, 1.54) is 16.9 Å². The molecule has 2 aromatic rings. The van der Waals surface area contributed by atoms with Crippen LogP contribution < -0.4 is 4.90 Å². The second-order valence-corrected chi connectivity index (χ2v) is 5.47. The van der Waals surface area contributed by atoms with E-state index in [2.05, 4.69) is 51.3 Å². The Kier molecular flexibility index (Phi) is 3.02. The van der Waals surface area contributed by atoms with E-state index in [0.717, 1.165) is 14.7 Å². The van der Waals surface area contributed by atoms with Crippen LogP contribution in [0, 0.1) is 6.92 Å². The minimum atomic E-state index is 0.803. The van der Waals surface area contributed by atoms with E-state index < -0.39 is 0 Å². The molecule has 0 unspecified atom stereocenters. The predicted molar refractivity (Wildman–Crippen MR) is 66.9 cm³/mol. The molecule has 0 spiro atoms. The summed E-state index contributed by atoms with van der Waals surface area (Å²) in [6, 6.07) is 8.29. The van der Waals surface area contributed by atoms with E-state index in [0.29, 0.717) is 0 Å². The lowest BCUT2D eigenvalue weighted by Gasteiger charge is -2.15. The van der Waals surface area contributed by atoms with Gasteiger partial charge in [-0.15, -0.1) is 10.2 Å². The van der Waals surface area contributed by atoms with Crippen LogP contribution in [0.5, 0.6) is 0 Å². The first-order valence-electron chi connectivity index (χ1n) is 4.46. The quantitative estimate of drug-likeness (QED) is 0.846. The number of hydrogen-bond donors (Lipinski definition) is 0. The third kappa shape index (κ3) is 2.35. The van der Waals surface area contributed by atoms with Gasteiger partial charge in [0.05, 0.1) is 0 Å². The SMILES string of the molecule is Cc1cccc(N(C)c2nnc(Br)s2)c1. The maximum atomic E-state index is 4.07. The number of aromatic nitrogens is 2. The number of anilines is 2. The molecule has 78 valence electrons. The Morgan fingerprint density at radius 1 is 1.33 bits per heavy atom. The summed E-state index contributed by atoms with van der Waals surface area (Å²) in [6.07, 6.45) is 0. The summed E-state index contributed by atoms with van der Waals surface area (Å²) in [5.41, 5.74) is 2.36. The molecule has 0 saturated heterocycles. The van der Waals surface area contributed by atoms with E-state index >= 15 is 0 Å². The molecule has 0 radical (unpaired) electrons. The Balaban J connectivity index is 2.32. The van der Waals surface area contributed by atoms with E-state index in [4.69, 9.17) is 0 Å². The molecule has 3 nitrogen and oxygen atoms in total. The van der Waals surface area contributed by atoms with Crippen molar-refractivity contribution in [3.63, 3.8) is 0 Å². The fourth-order valence-corrected chi connectivity index (χ4v) is 2.35. The largest absolute Gasteiger partial charge is 0.319 e. The van der Waals surface area contributed by atoms with Crippen molar-refractivity contribution in [2.24, 2.45) is 0 Å².